The average Bonchev–Trinajstić information content (AvgIpc) is 2.42. The van der Waals surface area contributed by atoms with E-state index in [4.69, 9.17) is 9.16 Å². The molecule has 0 aromatic heterocycles. The van der Waals surface area contributed by atoms with E-state index < -0.39 is 8.32 Å². The molecule has 0 bridgehead atoms. The molecule has 0 saturated carbocycles. The maximum absolute atomic E-state index is 11.3. The predicted octanol–water partition coefficient (Wildman–Crippen LogP) is 5.07. The SMILES string of the molecule is CCC(CO[Si](C)(C)C(C)(C)C)Oc1ccc(C(C)=O)cc1. The number of carbonyl (C=O) groups is 1. The number of hydrogen-bond donors (Lipinski definition) is 0. The second-order valence-electron chi connectivity index (χ2n) is 7.30. The first-order chi connectivity index (χ1) is 10.1. The third-order valence-electron chi connectivity index (χ3n) is 4.46. The van der Waals surface area contributed by atoms with Crippen LogP contribution in [0.3, 0.4) is 0 Å². The highest BCUT2D eigenvalue weighted by molar-refractivity contribution is 6.74. The lowest BCUT2D eigenvalue weighted by Crippen LogP contribution is -2.43. The Morgan fingerprint density at radius 3 is 2.14 bits per heavy atom. The van der Waals surface area contributed by atoms with E-state index in [1.54, 1.807) is 19.1 Å². The molecule has 0 amide bonds. The lowest BCUT2D eigenvalue weighted by atomic mass is 10.1. The van der Waals surface area contributed by atoms with Gasteiger partial charge in [0.1, 0.15) is 11.9 Å². The standard InChI is InChI=1S/C18H30O3Si/c1-8-16(13-20-22(6,7)18(3,4)5)21-17-11-9-15(10-12-17)14(2)19/h9-12,16H,8,13H2,1-7H3. The molecule has 0 N–H and O–H groups in total. The predicted molar refractivity (Wildman–Crippen MR) is 94.3 cm³/mol. The van der Waals surface area contributed by atoms with Crippen molar-refractivity contribution in [2.75, 3.05) is 6.61 Å². The minimum atomic E-state index is -1.75. The van der Waals surface area contributed by atoms with Crippen LogP contribution in [0.4, 0.5) is 0 Å². The molecule has 0 aliphatic carbocycles. The first-order valence-electron chi connectivity index (χ1n) is 7.98. The Morgan fingerprint density at radius 2 is 1.73 bits per heavy atom. The van der Waals surface area contributed by atoms with Gasteiger partial charge < -0.3 is 9.16 Å². The van der Waals surface area contributed by atoms with Crippen LogP contribution in [0.15, 0.2) is 24.3 Å². The van der Waals surface area contributed by atoms with Crippen molar-refractivity contribution in [3.05, 3.63) is 29.8 Å². The Labute approximate surface area is 136 Å². The van der Waals surface area contributed by atoms with E-state index in [9.17, 15) is 4.79 Å². The molecule has 1 aromatic rings. The summed E-state index contributed by atoms with van der Waals surface area (Å²) < 4.78 is 12.2. The van der Waals surface area contributed by atoms with Crippen LogP contribution in [0.5, 0.6) is 5.75 Å². The largest absolute Gasteiger partial charge is 0.488 e. The van der Waals surface area contributed by atoms with Gasteiger partial charge in [0.05, 0.1) is 6.61 Å². The van der Waals surface area contributed by atoms with Crippen molar-refractivity contribution in [1.29, 1.82) is 0 Å². The van der Waals surface area contributed by atoms with E-state index in [0.717, 1.165) is 12.2 Å². The zero-order chi connectivity index (χ0) is 17.0. The zero-order valence-electron chi connectivity index (χ0n) is 15.0. The van der Waals surface area contributed by atoms with E-state index in [1.165, 1.54) is 0 Å². The summed E-state index contributed by atoms with van der Waals surface area (Å²) in [5.41, 5.74) is 0.706. The third-order valence-corrected chi connectivity index (χ3v) is 8.96. The number of rotatable bonds is 7. The fourth-order valence-electron chi connectivity index (χ4n) is 1.71. The molecule has 4 heteroatoms. The van der Waals surface area contributed by atoms with Gasteiger partial charge in [0.2, 0.25) is 0 Å². The van der Waals surface area contributed by atoms with Crippen molar-refractivity contribution in [2.24, 2.45) is 0 Å². The van der Waals surface area contributed by atoms with E-state index in [1.807, 2.05) is 12.1 Å². The Hall–Kier alpha value is -1.13. The molecule has 0 fully saturated rings. The quantitative estimate of drug-likeness (QED) is 0.519. The molecule has 1 unspecified atom stereocenters. The van der Waals surface area contributed by atoms with Gasteiger partial charge in [-0.3, -0.25) is 4.79 Å². The van der Waals surface area contributed by atoms with Crippen molar-refractivity contribution in [2.45, 2.75) is 65.3 Å². The molecule has 22 heavy (non-hydrogen) atoms. The van der Waals surface area contributed by atoms with Gasteiger partial charge >= 0.3 is 0 Å². The Balaban J connectivity index is 2.64. The number of benzene rings is 1. The number of Topliss-reactive ketones (excluding diaryl/α,β-unsaturated/α-hetero) is 1. The van der Waals surface area contributed by atoms with Gasteiger partial charge in [-0.15, -0.1) is 0 Å². The highest BCUT2D eigenvalue weighted by Crippen LogP contribution is 2.36. The maximum atomic E-state index is 11.3. The van der Waals surface area contributed by atoms with Crippen LogP contribution >= 0.6 is 0 Å². The molecule has 0 radical (unpaired) electrons. The minimum absolute atomic E-state index is 0.0392. The molecule has 124 valence electrons. The maximum Gasteiger partial charge on any atom is 0.192 e. The molecule has 1 rings (SSSR count). The van der Waals surface area contributed by atoms with Gasteiger partial charge in [0.15, 0.2) is 14.1 Å². The van der Waals surface area contributed by atoms with E-state index in [2.05, 4.69) is 40.8 Å². The highest BCUT2D eigenvalue weighted by Gasteiger charge is 2.37. The molecule has 0 heterocycles. The molecular formula is C18H30O3Si. The number of ether oxygens (including phenoxy) is 1. The van der Waals surface area contributed by atoms with Crippen molar-refractivity contribution in [1.82, 2.24) is 0 Å². The van der Waals surface area contributed by atoms with Gasteiger partial charge in [-0.2, -0.15) is 0 Å². The smallest absolute Gasteiger partial charge is 0.192 e. The van der Waals surface area contributed by atoms with Crippen LogP contribution in [0.2, 0.25) is 18.1 Å². The van der Waals surface area contributed by atoms with Crippen LogP contribution < -0.4 is 4.74 Å². The summed E-state index contributed by atoms with van der Waals surface area (Å²) in [7, 11) is -1.75. The summed E-state index contributed by atoms with van der Waals surface area (Å²) in [6, 6.07) is 7.32. The molecule has 0 saturated heterocycles. The Bertz CT molecular complexity index is 486. The van der Waals surface area contributed by atoms with Crippen LogP contribution in [-0.4, -0.2) is 26.8 Å². The topological polar surface area (TPSA) is 35.5 Å². The number of carbonyl (C=O) groups excluding carboxylic acids is 1. The summed E-state index contributed by atoms with van der Waals surface area (Å²) in [6.07, 6.45) is 0.931. The molecule has 3 nitrogen and oxygen atoms in total. The second kappa shape index (κ2) is 7.42. The fraction of sp³-hybridized carbons (Fsp3) is 0.611. The summed E-state index contributed by atoms with van der Waals surface area (Å²) in [4.78, 5) is 11.3. The molecule has 1 atom stereocenters. The van der Waals surface area contributed by atoms with Gasteiger partial charge in [-0.05, 0) is 55.7 Å². The van der Waals surface area contributed by atoms with Crippen molar-refractivity contribution >= 4 is 14.1 Å². The molecule has 0 spiro atoms. The van der Waals surface area contributed by atoms with Gasteiger partial charge in [0, 0.05) is 5.56 Å². The van der Waals surface area contributed by atoms with Crippen LogP contribution in [0, 0.1) is 0 Å². The first kappa shape index (κ1) is 18.9. The Morgan fingerprint density at radius 1 is 1.18 bits per heavy atom. The van der Waals surface area contributed by atoms with Crippen molar-refractivity contribution in [3.8, 4) is 5.75 Å². The summed E-state index contributed by atoms with van der Waals surface area (Å²) in [6.45, 7) is 15.5. The second-order valence-corrected chi connectivity index (χ2v) is 12.1. The van der Waals surface area contributed by atoms with E-state index in [0.29, 0.717) is 12.2 Å². The Kier molecular flexibility index (Phi) is 6.38. The summed E-state index contributed by atoms with van der Waals surface area (Å²) >= 11 is 0. The molecule has 0 aliphatic rings. The minimum Gasteiger partial charge on any atom is -0.488 e. The average molecular weight is 323 g/mol. The van der Waals surface area contributed by atoms with Crippen molar-refractivity contribution in [3.63, 3.8) is 0 Å². The molecule has 0 aliphatic heterocycles. The summed E-state index contributed by atoms with van der Waals surface area (Å²) in [5.74, 6) is 0.857. The lowest BCUT2D eigenvalue weighted by molar-refractivity contribution is 0.101. The summed E-state index contributed by atoms with van der Waals surface area (Å²) in [5, 5.41) is 0.203. The molecular weight excluding hydrogens is 292 g/mol. The number of hydrogen-bond acceptors (Lipinski definition) is 3. The van der Waals surface area contributed by atoms with E-state index >= 15 is 0 Å². The van der Waals surface area contributed by atoms with Gasteiger partial charge in [-0.1, -0.05) is 27.7 Å². The van der Waals surface area contributed by atoms with Gasteiger partial charge in [0.25, 0.3) is 0 Å². The van der Waals surface area contributed by atoms with Gasteiger partial charge in [-0.25, -0.2) is 0 Å². The molecule has 1 aromatic carbocycles. The van der Waals surface area contributed by atoms with Crippen LogP contribution in [0.1, 0.15) is 51.4 Å². The van der Waals surface area contributed by atoms with Crippen LogP contribution in [0.25, 0.3) is 0 Å². The monoisotopic (exact) mass is 322 g/mol. The number of ketones is 1. The van der Waals surface area contributed by atoms with E-state index in [-0.39, 0.29) is 16.9 Å². The zero-order valence-corrected chi connectivity index (χ0v) is 16.0. The lowest BCUT2D eigenvalue weighted by Gasteiger charge is -2.37. The normalized spacial score (nSPS) is 13.8. The first-order valence-corrected chi connectivity index (χ1v) is 10.9. The third kappa shape index (κ3) is 5.25. The fourth-order valence-corrected chi connectivity index (χ4v) is 2.75. The highest BCUT2D eigenvalue weighted by atomic mass is 28.4. The van der Waals surface area contributed by atoms with Crippen molar-refractivity contribution < 1.29 is 14.0 Å². The van der Waals surface area contributed by atoms with Crippen LogP contribution in [-0.2, 0) is 4.43 Å².